The molecule has 0 aromatic carbocycles. The van der Waals surface area contributed by atoms with Crippen LogP contribution in [-0.2, 0) is 0 Å². The van der Waals surface area contributed by atoms with Crippen molar-refractivity contribution in [1.29, 1.82) is 0 Å². The van der Waals surface area contributed by atoms with Gasteiger partial charge in [0.25, 0.3) is 5.56 Å². The first-order chi connectivity index (χ1) is 8.45. The zero-order chi connectivity index (χ0) is 13.4. The highest BCUT2D eigenvalue weighted by atomic mass is 19.1. The predicted molar refractivity (Wildman–Crippen MR) is 58.3 cm³/mol. The van der Waals surface area contributed by atoms with Crippen molar-refractivity contribution in [2.45, 2.75) is 12.5 Å². The smallest absolute Gasteiger partial charge is 0.332 e. The molecular formula is C10H11FN2O5. The summed E-state index contributed by atoms with van der Waals surface area (Å²) >= 11 is 0. The zero-order valence-electron chi connectivity index (χ0n) is 9.13. The second-order valence-corrected chi connectivity index (χ2v) is 4.03. The second-order valence-electron chi connectivity index (χ2n) is 4.03. The predicted octanol–water partition coefficient (Wildman–Crippen LogP) is -1.22. The third-order valence-corrected chi connectivity index (χ3v) is 2.90. The standard InChI is InChI=1S/C10H11FN2O5/c11-5-2-13(10(18)12-9(5)17)6-1-4(3-14)7(15)8(6)16/h2,4,7,14-16H,1,3H2,(H,12,17,18)/t4-,7?/m0/s1. The minimum atomic E-state index is -1.31. The zero-order valence-corrected chi connectivity index (χ0v) is 9.13. The molecule has 0 spiro atoms. The molecule has 1 aliphatic carbocycles. The summed E-state index contributed by atoms with van der Waals surface area (Å²) in [6, 6.07) is 0. The van der Waals surface area contributed by atoms with Crippen molar-refractivity contribution in [2.24, 2.45) is 5.92 Å². The molecule has 18 heavy (non-hydrogen) atoms. The van der Waals surface area contributed by atoms with Crippen LogP contribution in [-0.4, -0.2) is 37.6 Å². The Morgan fingerprint density at radius 2 is 2.17 bits per heavy atom. The Morgan fingerprint density at radius 3 is 2.72 bits per heavy atom. The SMILES string of the molecule is O=c1[nH]c(=O)n(C2=C(O)C(O)[C@H](CO)C2)cc1F. The summed E-state index contributed by atoms with van der Waals surface area (Å²) in [4.78, 5) is 24.1. The van der Waals surface area contributed by atoms with E-state index in [4.69, 9.17) is 5.11 Å². The van der Waals surface area contributed by atoms with Gasteiger partial charge in [0, 0.05) is 12.5 Å². The van der Waals surface area contributed by atoms with Crippen molar-refractivity contribution in [2.75, 3.05) is 6.61 Å². The molecule has 0 radical (unpaired) electrons. The Balaban J connectivity index is 2.54. The number of halogens is 1. The third kappa shape index (κ3) is 1.85. The van der Waals surface area contributed by atoms with Crippen LogP contribution in [0.5, 0.6) is 0 Å². The Hall–Kier alpha value is -1.93. The van der Waals surface area contributed by atoms with Gasteiger partial charge in [-0.15, -0.1) is 0 Å². The molecule has 7 nitrogen and oxygen atoms in total. The minimum Gasteiger partial charge on any atom is -0.508 e. The number of hydrogen-bond donors (Lipinski definition) is 4. The second kappa shape index (κ2) is 4.39. The van der Waals surface area contributed by atoms with Crippen LogP contribution in [0.2, 0.25) is 0 Å². The number of rotatable bonds is 2. The van der Waals surface area contributed by atoms with Crippen LogP contribution in [0.1, 0.15) is 6.42 Å². The lowest BCUT2D eigenvalue weighted by Crippen LogP contribution is -2.31. The molecule has 1 aromatic rings. The van der Waals surface area contributed by atoms with Gasteiger partial charge in [0.2, 0.25) is 5.82 Å². The normalized spacial score (nSPS) is 23.7. The highest BCUT2D eigenvalue weighted by Gasteiger charge is 2.34. The van der Waals surface area contributed by atoms with Gasteiger partial charge in [0.15, 0.2) is 0 Å². The van der Waals surface area contributed by atoms with E-state index in [1.807, 2.05) is 0 Å². The first-order valence-corrected chi connectivity index (χ1v) is 5.18. The average Bonchev–Trinajstić information content (AvgIpc) is 2.61. The summed E-state index contributed by atoms with van der Waals surface area (Å²) in [6.45, 7) is -0.394. The van der Waals surface area contributed by atoms with E-state index in [1.165, 1.54) is 0 Å². The number of hydrogen-bond acceptors (Lipinski definition) is 5. The van der Waals surface area contributed by atoms with E-state index in [0.717, 1.165) is 0 Å². The lowest BCUT2D eigenvalue weighted by atomic mass is 10.1. The fraction of sp³-hybridized carbons (Fsp3) is 0.400. The highest BCUT2D eigenvalue weighted by Crippen LogP contribution is 2.32. The molecule has 0 aliphatic heterocycles. The maximum atomic E-state index is 13.1. The van der Waals surface area contributed by atoms with E-state index < -0.39 is 41.5 Å². The molecule has 1 heterocycles. The van der Waals surface area contributed by atoms with Crippen molar-refractivity contribution in [3.63, 3.8) is 0 Å². The fourth-order valence-corrected chi connectivity index (χ4v) is 1.89. The van der Waals surface area contributed by atoms with Crippen LogP contribution in [0.3, 0.4) is 0 Å². The fourth-order valence-electron chi connectivity index (χ4n) is 1.89. The topological polar surface area (TPSA) is 116 Å². The van der Waals surface area contributed by atoms with Crippen molar-refractivity contribution >= 4 is 5.70 Å². The third-order valence-electron chi connectivity index (χ3n) is 2.90. The monoisotopic (exact) mass is 258 g/mol. The number of aliphatic hydroxyl groups excluding tert-OH is 3. The van der Waals surface area contributed by atoms with Gasteiger partial charge in [-0.25, -0.2) is 4.79 Å². The lowest BCUT2D eigenvalue weighted by molar-refractivity contribution is 0.0781. The Morgan fingerprint density at radius 1 is 1.50 bits per heavy atom. The van der Waals surface area contributed by atoms with E-state index in [1.54, 1.807) is 4.98 Å². The van der Waals surface area contributed by atoms with Gasteiger partial charge in [-0.2, -0.15) is 4.39 Å². The van der Waals surface area contributed by atoms with Crippen LogP contribution >= 0.6 is 0 Å². The van der Waals surface area contributed by atoms with E-state index in [9.17, 15) is 24.2 Å². The van der Waals surface area contributed by atoms with Crippen molar-refractivity contribution in [1.82, 2.24) is 9.55 Å². The average molecular weight is 258 g/mol. The highest BCUT2D eigenvalue weighted by molar-refractivity contribution is 5.53. The minimum absolute atomic E-state index is 0.00507. The number of aromatic nitrogens is 2. The molecule has 4 N–H and O–H groups in total. The van der Waals surface area contributed by atoms with Gasteiger partial charge >= 0.3 is 5.69 Å². The quantitative estimate of drug-likeness (QED) is 0.530. The summed E-state index contributed by atoms with van der Waals surface area (Å²) in [6.07, 6.45) is -0.680. The van der Waals surface area contributed by atoms with Crippen LogP contribution in [0, 0.1) is 11.7 Å². The Kier molecular flexibility index (Phi) is 3.05. The van der Waals surface area contributed by atoms with Crippen LogP contribution in [0.25, 0.3) is 5.70 Å². The first kappa shape index (κ1) is 12.5. The summed E-state index contributed by atoms with van der Waals surface area (Å²) in [5, 5.41) is 28.2. The first-order valence-electron chi connectivity index (χ1n) is 5.18. The number of H-pyrrole nitrogens is 1. The molecule has 1 aliphatic rings. The molecule has 0 amide bonds. The maximum Gasteiger partial charge on any atom is 0.332 e. The molecule has 0 saturated carbocycles. The number of aliphatic hydroxyl groups is 3. The molecule has 8 heteroatoms. The number of allylic oxidation sites excluding steroid dienone is 1. The van der Waals surface area contributed by atoms with Crippen molar-refractivity contribution < 1.29 is 19.7 Å². The number of nitrogens with zero attached hydrogens (tertiary/aromatic N) is 1. The molecule has 98 valence electrons. The molecule has 2 rings (SSSR count). The largest absolute Gasteiger partial charge is 0.508 e. The van der Waals surface area contributed by atoms with Gasteiger partial charge in [0.1, 0.15) is 11.9 Å². The van der Waals surface area contributed by atoms with Crippen LogP contribution < -0.4 is 11.2 Å². The molecule has 0 bridgehead atoms. The molecule has 0 fully saturated rings. The Bertz CT molecular complexity index is 617. The summed E-state index contributed by atoms with van der Waals surface area (Å²) < 4.78 is 13.8. The molecule has 1 aromatic heterocycles. The van der Waals surface area contributed by atoms with Crippen LogP contribution in [0.15, 0.2) is 21.5 Å². The summed E-state index contributed by atoms with van der Waals surface area (Å²) in [7, 11) is 0. The molecule has 1 unspecified atom stereocenters. The van der Waals surface area contributed by atoms with Crippen LogP contribution in [0.4, 0.5) is 4.39 Å². The van der Waals surface area contributed by atoms with E-state index >= 15 is 0 Å². The van der Waals surface area contributed by atoms with Gasteiger partial charge < -0.3 is 15.3 Å². The summed E-state index contributed by atoms with van der Waals surface area (Å²) in [5.41, 5.74) is -2.12. The summed E-state index contributed by atoms with van der Waals surface area (Å²) in [5.74, 6) is -2.36. The van der Waals surface area contributed by atoms with Gasteiger partial charge in [0.05, 0.1) is 11.9 Å². The van der Waals surface area contributed by atoms with Gasteiger partial charge in [-0.05, 0) is 6.42 Å². The van der Waals surface area contributed by atoms with Gasteiger partial charge in [-0.1, -0.05) is 0 Å². The molecule has 0 saturated heterocycles. The van der Waals surface area contributed by atoms with E-state index in [2.05, 4.69) is 0 Å². The van der Waals surface area contributed by atoms with Crippen molar-refractivity contribution in [3.05, 3.63) is 38.6 Å². The maximum absolute atomic E-state index is 13.1. The molecule has 2 atom stereocenters. The lowest BCUT2D eigenvalue weighted by Gasteiger charge is -2.10. The van der Waals surface area contributed by atoms with Crippen molar-refractivity contribution in [3.8, 4) is 0 Å². The van der Waals surface area contributed by atoms with Gasteiger partial charge in [-0.3, -0.25) is 14.3 Å². The van der Waals surface area contributed by atoms with E-state index in [-0.39, 0.29) is 12.1 Å². The number of nitrogens with one attached hydrogen (secondary N) is 1. The number of aromatic amines is 1. The Labute approximate surface area is 99.4 Å². The molecular weight excluding hydrogens is 247 g/mol. The van der Waals surface area contributed by atoms with E-state index in [0.29, 0.717) is 10.8 Å².